The van der Waals surface area contributed by atoms with Crippen LogP contribution >= 0.6 is 11.8 Å². The summed E-state index contributed by atoms with van der Waals surface area (Å²) in [5.74, 6) is -0.00639. The van der Waals surface area contributed by atoms with Gasteiger partial charge in [0.05, 0.1) is 11.7 Å². The van der Waals surface area contributed by atoms with Crippen LogP contribution in [0.2, 0.25) is 0 Å². The summed E-state index contributed by atoms with van der Waals surface area (Å²) < 4.78 is 0. The number of nitrogens with zero attached hydrogens (tertiary/aromatic N) is 3. The van der Waals surface area contributed by atoms with Crippen molar-refractivity contribution in [1.29, 1.82) is 0 Å². The van der Waals surface area contributed by atoms with Gasteiger partial charge >= 0.3 is 0 Å². The topological polar surface area (TPSA) is 62.1 Å². The van der Waals surface area contributed by atoms with Gasteiger partial charge in [-0.15, -0.1) is 0 Å². The molecule has 154 valence electrons. The summed E-state index contributed by atoms with van der Waals surface area (Å²) >= 11 is 1.26. The van der Waals surface area contributed by atoms with Crippen LogP contribution in [0.5, 0.6) is 0 Å². The highest BCUT2D eigenvalue weighted by atomic mass is 32.2. The number of hydrogen-bond donors (Lipinski definition) is 0. The first kappa shape index (κ1) is 20.5. The lowest BCUT2D eigenvalue weighted by atomic mass is 9.86. The molecule has 2 aliphatic rings. The summed E-state index contributed by atoms with van der Waals surface area (Å²) in [5.41, 5.74) is 3.12. The normalized spacial score (nSPS) is 18.3. The second-order valence-electron chi connectivity index (χ2n) is 7.64. The summed E-state index contributed by atoms with van der Waals surface area (Å²) in [7, 11) is 0. The maximum Gasteiger partial charge on any atom is 0.256 e. The van der Waals surface area contributed by atoms with E-state index in [1.807, 2.05) is 65.6 Å². The van der Waals surface area contributed by atoms with Gasteiger partial charge in [-0.2, -0.15) is 4.99 Å². The standard InChI is InChI=1S/C24H25N3O2S/c28-22(17-30-24-25-21-14-8-7-13-20(21)23(29)26-24)27(15-18-9-3-1-4-10-18)16-19-11-5-2-6-12-19/h1-6,9-12,20H,7-8,13-17H2. The van der Waals surface area contributed by atoms with E-state index >= 15 is 0 Å². The molecule has 1 saturated carbocycles. The molecule has 2 aromatic rings. The van der Waals surface area contributed by atoms with E-state index in [-0.39, 0.29) is 23.5 Å². The van der Waals surface area contributed by atoms with Crippen molar-refractivity contribution in [3.63, 3.8) is 0 Å². The first-order valence-electron chi connectivity index (χ1n) is 10.4. The van der Waals surface area contributed by atoms with Crippen LogP contribution < -0.4 is 0 Å². The van der Waals surface area contributed by atoms with Gasteiger partial charge in [-0.1, -0.05) is 78.8 Å². The molecule has 30 heavy (non-hydrogen) atoms. The van der Waals surface area contributed by atoms with E-state index in [0.29, 0.717) is 18.3 Å². The maximum absolute atomic E-state index is 13.1. The molecule has 0 bridgehead atoms. The average molecular weight is 420 g/mol. The monoisotopic (exact) mass is 419 g/mol. The zero-order valence-electron chi connectivity index (χ0n) is 16.9. The number of benzene rings is 2. The number of carbonyl (C=O) groups excluding carboxylic acids is 2. The van der Waals surface area contributed by atoms with Crippen molar-refractivity contribution < 1.29 is 9.59 Å². The van der Waals surface area contributed by atoms with E-state index in [9.17, 15) is 9.59 Å². The number of amidine groups is 1. The van der Waals surface area contributed by atoms with Crippen LogP contribution in [0.15, 0.2) is 70.6 Å². The Morgan fingerprint density at radius 1 is 0.933 bits per heavy atom. The number of amides is 2. The number of hydrogen-bond acceptors (Lipinski definition) is 4. The SMILES string of the molecule is O=C1N=C(SCC(=O)N(Cc2ccccc2)Cc2ccccc2)N=C2CCCCC12. The van der Waals surface area contributed by atoms with Gasteiger partial charge in [0.1, 0.15) is 0 Å². The van der Waals surface area contributed by atoms with Crippen molar-refractivity contribution in [2.75, 3.05) is 5.75 Å². The van der Waals surface area contributed by atoms with Crippen LogP contribution in [-0.4, -0.2) is 33.3 Å². The van der Waals surface area contributed by atoms with Crippen LogP contribution in [-0.2, 0) is 22.7 Å². The third kappa shape index (κ3) is 5.25. The fourth-order valence-electron chi connectivity index (χ4n) is 3.84. The molecular formula is C24H25N3O2S. The molecule has 2 aromatic carbocycles. The van der Waals surface area contributed by atoms with Gasteiger partial charge in [0.2, 0.25) is 5.91 Å². The molecule has 1 fully saturated rings. The van der Waals surface area contributed by atoms with E-state index in [2.05, 4.69) is 9.98 Å². The summed E-state index contributed by atoms with van der Waals surface area (Å²) in [5, 5.41) is 0.431. The zero-order valence-corrected chi connectivity index (χ0v) is 17.7. The minimum Gasteiger partial charge on any atom is -0.333 e. The van der Waals surface area contributed by atoms with Crippen molar-refractivity contribution in [1.82, 2.24) is 4.90 Å². The molecule has 4 rings (SSSR count). The molecule has 1 aliphatic heterocycles. The fourth-order valence-corrected chi connectivity index (χ4v) is 4.61. The second kappa shape index (κ2) is 9.85. The van der Waals surface area contributed by atoms with Crippen LogP contribution in [0.1, 0.15) is 36.8 Å². The summed E-state index contributed by atoms with van der Waals surface area (Å²) in [6.45, 7) is 1.08. The Hall–Kier alpha value is -2.73. The first-order chi connectivity index (χ1) is 14.7. The third-order valence-electron chi connectivity index (χ3n) is 5.43. The number of rotatable bonds is 6. The van der Waals surface area contributed by atoms with E-state index in [4.69, 9.17) is 0 Å². The molecule has 1 atom stereocenters. The minimum atomic E-state index is -0.133. The van der Waals surface area contributed by atoms with Gasteiger partial charge in [0.25, 0.3) is 5.91 Å². The molecule has 0 N–H and O–H groups in total. The van der Waals surface area contributed by atoms with Crippen molar-refractivity contribution in [3.05, 3.63) is 71.8 Å². The molecule has 5 nitrogen and oxygen atoms in total. The lowest BCUT2D eigenvalue weighted by molar-refractivity contribution is -0.129. The molecule has 1 heterocycles. The zero-order chi connectivity index (χ0) is 20.8. The summed E-state index contributed by atoms with van der Waals surface area (Å²) in [6.07, 6.45) is 3.83. The minimum absolute atomic E-state index is 0.00817. The maximum atomic E-state index is 13.1. The predicted octanol–water partition coefficient (Wildman–Crippen LogP) is 4.48. The Kier molecular flexibility index (Phi) is 6.74. The lowest BCUT2D eigenvalue weighted by Crippen LogP contribution is -2.33. The molecule has 1 unspecified atom stereocenters. The molecule has 0 aromatic heterocycles. The van der Waals surface area contributed by atoms with E-state index in [1.165, 1.54) is 11.8 Å². The Bertz CT molecular complexity index is 915. The van der Waals surface area contributed by atoms with Crippen LogP contribution in [0.25, 0.3) is 0 Å². The van der Waals surface area contributed by atoms with Gasteiger partial charge in [0, 0.05) is 18.8 Å². The highest BCUT2D eigenvalue weighted by molar-refractivity contribution is 8.14. The van der Waals surface area contributed by atoms with Crippen molar-refractivity contribution >= 4 is 34.5 Å². The highest BCUT2D eigenvalue weighted by Crippen LogP contribution is 2.27. The molecule has 2 amide bonds. The highest BCUT2D eigenvalue weighted by Gasteiger charge is 2.31. The second-order valence-corrected chi connectivity index (χ2v) is 8.59. The van der Waals surface area contributed by atoms with Gasteiger partial charge in [0.15, 0.2) is 5.17 Å². The Morgan fingerprint density at radius 3 is 2.20 bits per heavy atom. The average Bonchev–Trinajstić information content (AvgIpc) is 2.78. The lowest BCUT2D eigenvalue weighted by Gasteiger charge is -2.25. The summed E-state index contributed by atoms with van der Waals surface area (Å²) in [6, 6.07) is 20.0. The number of carbonyl (C=O) groups is 2. The first-order valence-corrected chi connectivity index (χ1v) is 11.4. The summed E-state index contributed by atoms with van der Waals surface area (Å²) in [4.78, 5) is 36.0. The largest absolute Gasteiger partial charge is 0.333 e. The number of thioether (sulfide) groups is 1. The molecule has 0 spiro atoms. The molecule has 0 radical (unpaired) electrons. The van der Waals surface area contributed by atoms with Gasteiger partial charge in [-0.05, 0) is 30.4 Å². The molecular weight excluding hydrogens is 394 g/mol. The number of fused-ring (bicyclic) bond motifs is 1. The van der Waals surface area contributed by atoms with Crippen molar-refractivity contribution in [3.8, 4) is 0 Å². The van der Waals surface area contributed by atoms with Crippen LogP contribution in [0.4, 0.5) is 0 Å². The quantitative estimate of drug-likeness (QED) is 0.694. The Morgan fingerprint density at radius 2 is 1.57 bits per heavy atom. The number of aliphatic imine (C=N–C) groups is 2. The van der Waals surface area contributed by atoms with Gasteiger partial charge in [-0.3, -0.25) is 9.59 Å². The molecule has 0 saturated heterocycles. The van der Waals surface area contributed by atoms with Gasteiger partial charge in [-0.25, -0.2) is 4.99 Å². The Balaban J connectivity index is 1.43. The molecule has 6 heteroatoms. The molecule has 1 aliphatic carbocycles. The third-order valence-corrected chi connectivity index (χ3v) is 6.26. The van der Waals surface area contributed by atoms with Crippen molar-refractivity contribution in [2.24, 2.45) is 15.9 Å². The van der Waals surface area contributed by atoms with Crippen LogP contribution in [0.3, 0.4) is 0 Å². The predicted molar refractivity (Wildman–Crippen MR) is 121 cm³/mol. The van der Waals surface area contributed by atoms with Crippen LogP contribution in [0, 0.1) is 5.92 Å². The van der Waals surface area contributed by atoms with E-state index in [1.54, 1.807) is 0 Å². The Labute approximate surface area is 181 Å². The van der Waals surface area contributed by atoms with E-state index in [0.717, 1.165) is 42.5 Å². The smallest absolute Gasteiger partial charge is 0.256 e. The van der Waals surface area contributed by atoms with Gasteiger partial charge < -0.3 is 4.90 Å². The fraction of sp³-hybridized carbons (Fsp3) is 0.333. The van der Waals surface area contributed by atoms with E-state index < -0.39 is 0 Å². The van der Waals surface area contributed by atoms with Crippen molar-refractivity contribution in [2.45, 2.75) is 38.8 Å².